The van der Waals surface area contributed by atoms with Crippen molar-refractivity contribution in [3.63, 3.8) is 0 Å². The molecule has 106 valence electrons. The van der Waals surface area contributed by atoms with E-state index in [-0.39, 0.29) is 0 Å². The Kier molecular flexibility index (Phi) is 8.64. The van der Waals surface area contributed by atoms with Gasteiger partial charge in [-0.05, 0) is 24.6 Å². The molecule has 0 saturated carbocycles. The van der Waals surface area contributed by atoms with E-state index in [0.717, 1.165) is 19.4 Å². The molecule has 1 nitrogen and oxygen atoms in total. The van der Waals surface area contributed by atoms with Gasteiger partial charge in [-0.25, -0.2) is 0 Å². The maximum Gasteiger partial charge on any atom is 0.192 e. The van der Waals surface area contributed by atoms with Gasteiger partial charge >= 0.3 is 0 Å². The maximum atomic E-state index is 6.08. The van der Waals surface area contributed by atoms with Crippen molar-refractivity contribution in [1.82, 2.24) is 0 Å². The van der Waals surface area contributed by atoms with Gasteiger partial charge in [0.2, 0.25) is 0 Å². The van der Waals surface area contributed by atoms with E-state index in [1.807, 2.05) is 0 Å². The Labute approximate surface area is 116 Å². The van der Waals surface area contributed by atoms with E-state index in [4.69, 9.17) is 4.43 Å². The molecule has 0 spiro atoms. The lowest BCUT2D eigenvalue weighted by molar-refractivity contribution is 0.296. The molecular formula is C16H32OSi. The molecular weight excluding hydrogens is 236 g/mol. The Morgan fingerprint density at radius 3 is 2.11 bits per heavy atom. The van der Waals surface area contributed by atoms with Crippen LogP contribution in [0.1, 0.15) is 66.2 Å². The second kappa shape index (κ2) is 8.77. The molecule has 0 aliphatic carbocycles. The van der Waals surface area contributed by atoms with Crippen LogP contribution in [0.25, 0.3) is 0 Å². The number of rotatable bonds is 7. The first-order valence-electron chi connectivity index (χ1n) is 7.41. The molecule has 0 aliphatic rings. The van der Waals surface area contributed by atoms with Crippen LogP contribution in [-0.2, 0) is 4.43 Å². The standard InChI is InChI=1S/C16H32OSi/c1-7-8-9-10-11-12-13-14-15-17-18(5,6)16(2,3)4/h7-11,14-15H2,1-6H3. The summed E-state index contributed by atoms with van der Waals surface area (Å²) in [6.45, 7) is 14.5. The highest BCUT2D eigenvalue weighted by Crippen LogP contribution is 2.36. The van der Waals surface area contributed by atoms with E-state index in [1.54, 1.807) is 0 Å². The van der Waals surface area contributed by atoms with E-state index in [1.165, 1.54) is 25.7 Å². The predicted molar refractivity (Wildman–Crippen MR) is 84.3 cm³/mol. The quantitative estimate of drug-likeness (QED) is 0.342. The maximum absolute atomic E-state index is 6.08. The summed E-state index contributed by atoms with van der Waals surface area (Å²) in [5, 5.41) is 0.306. The van der Waals surface area contributed by atoms with E-state index in [9.17, 15) is 0 Å². The average Bonchev–Trinajstić information content (AvgIpc) is 2.25. The largest absolute Gasteiger partial charge is 0.416 e. The smallest absolute Gasteiger partial charge is 0.192 e. The molecule has 0 unspecified atom stereocenters. The molecule has 0 aromatic carbocycles. The minimum Gasteiger partial charge on any atom is -0.416 e. The van der Waals surface area contributed by atoms with Crippen molar-refractivity contribution in [2.75, 3.05) is 6.61 Å². The van der Waals surface area contributed by atoms with Crippen molar-refractivity contribution in [3.05, 3.63) is 0 Å². The number of hydrogen-bond acceptors (Lipinski definition) is 1. The zero-order valence-electron chi connectivity index (χ0n) is 13.4. The summed E-state index contributed by atoms with van der Waals surface area (Å²) >= 11 is 0. The first-order valence-corrected chi connectivity index (χ1v) is 10.3. The van der Waals surface area contributed by atoms with Crippen LogP contribution in [-0.4, -0.2) is 14.9 Å². The molecule has 0 bridgehead atoms. The van der Waals surface area contributed by atoms with Crippen LogP contribution in [0.3, 0.4) is 0 Å². The van der Waals surface area contributed by atoms with Gasteiger partial charge < -0.3 is 4.43 Å². The van der Waals surface area contributed by atoms with Crippen LogP contribution in [0.2, 0.25) is 18.1 Å². The molecule has 0 rings (SSSR count). The van der Waals surface area contributed by atoms with Gasteiger partial charge in [-0.15, -0.1) is 11.8 Å². The third-order valence-corrected chi connectivity index (χ3v) is 8.31. The minimum atomic E-state index is -1.56. The Morgan fingerprint density at radius 2 is 1.56 bits per heavy atom. The fraction of sp³-hybridized carbons (Fsp3) is 0.875. The third kappa shape index (κ3) is 7.95. The van der Waals surface area contributed by atoms with E-state index >= 15 is 0 Å². The monoisotopic (exact) mass is 268 g/mol. The summed E-state index contributed by atoms with van der Waals surface area (Å²) < 4.78 is 6.08. The molecule has 2 heteroatoms. The van der Waals surface area contributed by atoms with Crippen molar-refractivity contribution in [2.24, 2.45) is 0 Å². The van der Waals surface area contributed by atoms with Gasteiger partial charge in [0.15, 0.2) is 8.32 Å². The number of hydrogen-bond donors (Lipinski definition) is 0. The van der Waals surface area contributed by atoms with Gasteiger partial charge in [0.05, 0.1) is 0 Å². The van der Waals surface area contributed by atoms with Crippen LogP contribution in [0, 0.1) is 11.8 Å². The topological polar surface area (TPSA) is 9.23 Å². The Balaban J connectivity index is 3.65. The van der Waals surface area contributed by atoms with Crippen molar-refractivity contribution < 1.29 is 4.43 Å². The van der Waals surface area contributed by atoms with Crippen LogP contribution >= 0.6 is 0 Å². The summed E-state index contributed by atoms with van der Waals surface area (Å²) in [6.07, 6.45) is 7.17. The highest BCUT2D eigenvalue weighted by Gasteiger charge is 2.36. The van der Waals surface area contributed by atoms with Gasteiger partial charge in [-0.3, -0.25) is 0 Å². The lowest BCUT2D eigenvalue weighted by Gasteiger charge is -2.35. The molecule has 0 radical (unpaired) electrons. The van der Waals surface area contributed by atoms with Crippen LogP contribution in [0.5, 0.6) is 0 Å². The third-order valence-electron chi connectivity index (χ3n) is 3.78. The van der Waals surface area contributed by atoms with E-state index in [2.05, 4.69) is 52.6 Å². The summed E-state index contributed by atoms with van der Waals surface area (Å²) in [6, 6.07) is 0. The van der Waals surface area contributed by atoms with Gasteiger partial charge in [0, 0.05) is 19.4 Å². The molecule has 0 fully saturated rings. The summed E-state index contributed by atoms with van der Waals surface area (Å²) in [5.41, 5.74) is 0. The SMILES string of the molecule is CCCCCCC#CCCO[Si](C)(C)C(C)(C)C. The zero-order valence-corrected chi connectivity index (χ0v) is 14.4. The summed E-state index contributed by atoms with van der Waals surface area (Å²) in [4.78, 5) is 0. The molecule has 0 aromatic rings. The van der Waals surface area contributed by atoms with Gasteiger partial charge in [-0.1, -0.05) is 47.0 Å². The first-order chi connectivity index (χ1) is 8.31. The lowest BCUT2D eigenvalue weighted by atomic mass is 10.1. The molecule has 0 amide bonds. The molecule has 0 aliphatic heterocycles. The van der Waals surface area contributed by atoms with Gasteiger partial charge in [0.1, 0.15) is 0 Å². The van der Waals surface area contributed by atoms with Gasteiger partial charge in [0.25, 0.3) is 0 Å². The first kappa shape index (κ1) is 17.7. The Bertz CT molecular complexity index is 265. The number of unbranched alkanes of at least 4 members (excludes halogenated alkanes) is 4. The average molecular weight is 269 g/mol. The molecule has 0 aromatic heterocycles. The zero-order chi connectivity index (χ0) is 14.1. The minimum absolute atomic E-state index is 0.306. The van der Waals surface area contributed by atoms with E-state index < -0.39 is 8.32 Å². The van der Waals surface area contributed by atoms with Gasteiger partial charge in [-0.2, -0.15) is 0 Å². The van der Waals surface area contributed by atoms with E-state index in [0.29, 0.717) is 5.04 Å². The Hall–Kier alpha value is -0.263. The molecule has 0 N–H and O–H groups in total. The molecule has 18 heavy (non-hydrogen) atoms. The van der Waals surface area contributed by atoms with Crippen molar-refractivity contribution in [1.29, 1.82) is 0 Å². The van der Waals surface area contributed by atoms with Crippen LogP contribution in [0.15, 0.2) is 0 Å². The summed E-state index contributed by atoms with van der Waals surface area (Å²) in [5.74, 6) is 6.49. The molecule has 0 heterocycles. The predicted octanol–water partition coefficient (Wildman–Crippen LogP) is 5.37. The van der Waals surface area contributed by atoms with Crippen LogP contribution < -0.4 is 0 Å². The Morgan fingerprint density at radius 1 is 0.944 bits per heavy atom. The normalized spacial score (nSPS) is 12.1. The second-order valence-corrected chi connectivity index (χ2v) is 11.3. The van der Waals surface area contributed by atoms with Crippen molar-refractivity contribution in [2.45, 2.75) is 84.4 Å². The van der Waals surface area contributed by atoms with Crippen molar-refractivity contribution >= 4 is 8.32 Å². The summed E-state index contributed by atoms with van der Waals surface area (Å²) in [7, 11) is -1.56. The van der Waals surface area contributed by atoms with Crippen molar-refractivity contribution in [3.8, 4) is 11.8 Å². The fourth-order valence-electron chi connectivity index (χ4n) is 1.39. The lowest BCUT2D eigenvalue weighted by Crippen LogP contribution is -2.40. The second-order valence-electron chi connectivity index (χ2n) is 6.52. The van der Waals surface area contributed by atoms with Crippen LogP contribution in [0.4, 0.5) is 0 Å². The molecule has 0 saturated heterocycles. The highest BCUT2D eigenvalue weighted by molar-refractivity contribution is 6.74. The molecule has 0 atom stereocenters. The highest BCUT2D eigenvalue weighted by atomic mass is 28.4. The fourth-order valence-corrected chi connectivity index (χ4v) is 2.44.